The fourth-order valence-electron chi connectivity index (χ4n) is 1.28. The number of anilines is 1. The summed E-state index contributed by atoms with van der Waals surface area (Å²) in [6.07, 6.45) is 1.43. The molecule has 0 unspecified atom stereocenters. The first-order chi connectivity index (χ1) is 8.00. The number of carbonyl (C=O) groups is 1. The molecule has 2 N–H and O–H groups in total. The van der Waals surface area contributed by atoms with Gasteiger partial charge < -0.3 is 10.6 Å². The number of nitrogens with zero attached hydrogens (tertiary/aromatic N) is 1. The van der Waals surface area contributed by atoms with Crippen LogP contribution in [0.1, 0.15) is 12.8 Å². The van der Waals surface area contributed by atoms with Gasteiger partial charge in [0.15, 0.2) is 0 Å². The van der Waals surface area contributed by atoms with Gasteiger partial charge in [-0.2, -0.15) is 0 Å². The van der Waals surface area contributed by atoms with Crippen LogP contribution < -0.4 is 5.73 Å². The lowest BCUT2D eigenvalue weighted by Crippen LogP contribution is -2.21. The van der Waals surface area contributed by atoms with Crippen molar-refractivity contribution in [3.63, 3.8) is 0 Å². The Hall–Kier alpha value is -0.870. The highest BCUT2D eigenvalue weighted by Crippen LogP contribution is 2.28. The standard InChI is InChI=1S/C12H17ClN2OS/c1-15(2)12(16)4-3-7-17-11-6-5-9(13)8-10(11)14/h5-6,8H,3-4,7,14H2,1-2H3. The first kappa shape index (κ1) is 14.2. The van der Waals surface area contributed by atoms with Crippen molar-refractivity contribution in [2.24, 2.45) is 0 Å². The highest BCUT2D eigenvalue weighted by atomic mass is 35.5. The number of thioether (sulfide) groups is 1. The predicted octanol–water partition coefficient (Wildman–Crippen LogP) is 2.88. The SMILES string of the molecule is CN(C)C(=O)CCCSc1ccc(Cl)cc1N. The zero-order chi connectivity index (χ0) is 12.8. The van der Waals surface area contributed by atoms with Gasteiger partial charge in [-0.3, -0.25) is 4.79 Å². The lowest BCUT2D eigenvalue weighted by molar-refractivity contribution is -0.128. The minimum atomic E-state index is 0.162. The Morgan fingerprint density at radius 1 is 1.47 bits per heavy atom. The molecule has 1 amide bonds. The molecule has 3 nitrogen and oxygen atoms in total. The van der Waals surface area contributed by atoms with Crippen LogP contribution in [0.25, 0.3) is 0 Å². The molecule has 17 heavy (non-hydrogen) atoms. The Balaban J connectivity index is 2.34. The molecule has 1 aromatic rings. The van der Waals surface area contributed by atoms with Gasteiger partial charge in [-0.05, 0) is 30.4 Å². The lowest BCUT2D eigenvalue weighted by atomic mass is 10.3. The number of nitrogens with two attached hydrogens (primary N) is 1. The minimum Gasteiger partial charge on any atom is -0.398 e. The van der Waals surface area contributed by atoms with Crippen LogP contribution in [0, 0.1) is 0 Å². The van der Waals surface area contributed by atoms with Gasteiger partial charge in [-0.25, -0.2) is 0 Å². The molecule has 0 saturated heterocycles. The molecule has 1 rings (SSSR count). The van der Waals surface area contributed by atoms with Gasteiger partial charge in [0.25, 0.3) is 0 Å². The van der Waals surface area contributed by atoms with E-state index in [0.29, 0.717) is 17.1 Å². The van der Waals surface area contributed by atoms with Crippen molar-refractivity contribution in [3.05, 3.63) is 23.2 Å². The molecule has 0 aliphatic carbocycles. The number of hydrogen-bond acceptors (Lipinski definition) is 3. The van der Waals surface area contributed by atoms with Crippen molar-refractivity contribution in [1.82, 2.24) is 4.90 Å². The fraction of sp³-hybridized carbons (Fsp3) is 0.417. The van der Waals surface area contributed by atoms with E-state index in [9.17, 15) is 4.79 Å². The summed E-state index contributed by atoms with van der Waals surface area (Å²) in [6.45, 7) is 0. The number of benzene rings is 1. The molecule has 0 aliphatic rings. The van der Waals surface area contributed by atoms with Crippen molar-refractivity contribution in [1.29, 1.82) is 0 Å². The Kier molecular flexibility index (Phi) is 5.65. The van der Waals surface area contributed by atoms with E-state index in [2.05, 4.69) is 0 Å². The summed E-state index contributed by atoms with van der Waals surface area (Å²) in [5, 5.41) is 0.648. The summed E-state index contributed by atoms with van der Waals surface area (Å²) in [6, 6.07) is 5.48. The zero-order valence-electron chi connectivity index (χ0n) is 10.1. The van der Waals surface area contributed by atoms with Crippen molar-refractivity contribution >= 4 is 35.0 Å². The molecule has 0 atom stereocenters. The molecular weight excluding hydrogens is 256 g/mol. The normalized spacial score (nSPS) is 10.3. The summed E-state index contributed by atoms with van der Waals surface area (Å²) >= 11 is 7.47. The number of nitrogen functional groups attached to an aromatic ring is 1. The molecule has 0 fully saturated rings. The van der Waals surface area contributed by atoms with Gasteiger partial charge in [0, 0.05) is 36.1 Å². The zero-order valence-corrected chi connectivity index (χ0v) is 11.6. The fourth-order valence-corrected chi connectivity index (χ4v) is 2.36. The molecule has 0 bridgehead atoms. The van der Waals surface area contributed by atoms with Crippen LogP contribution in [-0.4, -0.2) is 30.7 Å². The molecule has 0 aromatic heterocycles. The van der Waals surface area contributed by atoms with E-state index in [1.165, 1.54) is 0 Å². The molecule has 0 radical (unpaired) electrons. The maximum absolute atomic E-state index is 11.3. The Morgan fingerprint density at radius 2 is 2.18 bits per heavy atom. The second-order valence-electron chi connectivity index (χ2n) is 3.92. The van der Waals surface area contributed by atoms with Crippen molar-refractivity contribution in [2.45, 2.75) is 17.7 Å². The van der Waals surface area contributed by atoms with Crippen molar-refractivity contribution in [2.75, 3.05) is 25.6 Å². The number of rotatable bonds is 5. The van der Waals surface area contributed by atoms with Crippen LogP contribution in [0.3, 0.4) is 0 Å². The molecule has 0 spiro atoms. The smallest absolute Gasteiger partial charge is 0.222 e. The number of amides is 1. The third-order valence-electron chi connectivity index (χ3n) is 2.26. The highest BCUT2D eigenvalue weighted by Gasteiger charge is 2.04. The Labute approximate surface area is 111 Å². The number of hydrogen-bond donors (Lipinski definition) is 1. The number of carbonyl (C=O) groups excluding carboxylic acids is 1. The van der Waals surface area contributed by atoms with Crippen LogP contribution in [0.5, 0.6) is 0 Å². The maximum Gasteiger partial charge on any atom is 0.222 e. The van der Waals surface area contributed by atoms with E-state index in [4.69, 9.17) is 17.3 Å². The van der Waals surface area contributed by atoms with Gasteiger partial charge in [-0.1, -0.05) is 11.6 Å². The quantitative estimate of drug-likeness (QED) is 0.509. The third-order valence-corrected chi connectivity index (χ3v) is 3.67. The molecular formula is C12H17ClN2OS. The monoisotopic (exact) mass is 272 g/mol. The molecule has 0 heterocycles. The Bertz CT molecular complexity index is 396. The number of halogens is 1. The van der Waals surface area contributed by atoms with Crippen molar-refractivity contribution < 1.29 is 4.79 Å². The van der Waals surface area contributed by atoms with Crippen LogP contribution >= 0.6 is 23.4 Å². The van der Waals surface area contributed by atoms with Crippen LogP contribution in [0.2, 0.25) is 5.02 Å². The van der Waals surface area contributed by atoms with E-state index in [0.717, 1.165) is 17.1 Å². The van der Waals surface area contributed by atoms with Gasteiger partial charge in [0.1, 0.15) is 0 Å². The highest BCUT2D eigenvalue weighted by molar-refractivity contribution is 7.99. The van der Waals surface area contributed by atoms with E-state index in [1.807, 2.05) is 12.1 Å². The largest absolute Gasteiger partial charge is 0.398 e. The average molecular weight is 273 g/mol. The topological polar surface area (TPSA) is 46.3 Å². The van der Waals surface area contributed by atoms with E-state index >= 15 is 0 Å². The molecule has 0 aliphatic heterocycles. The van der Waals surface area contributed by atoms with Gasteiger partial charge in [0.05, 0.1) is 0 Å². The third kappa shape index (κ3) is 4.88. The van der Waals surface area contributed by atoms with Crippen LogP contribution in [0.4, 0.5) is 5.69 Å². The van der Waals surface area contributed by atoms with Gasteiger partial charge in [-0.15, -0.1) is 11.8 Å². The van der Waals surface area contributed by atoms with Crippen molar-refractivity contribution in [3.8, 4) is 0 Å². The van der Waals surface area contributed by atoms with E-state index < -0.39 is 0 Å². The molecule has 5 heteroatoms. The lowest BCUT2D eigenvalue weighted by Gasteiger charge is -2.10. The predicted molar refractivity (Wildman–Crippen MR) is 74.5 cm³/mol. The first-order valence-electron chi connectivity index (χ1n) is 5.38. The first-order valence-corrected chi connectivity index (χ1v) is 6.75. The maximum atomic E-state index is 11.3. The van der Waals surface area contributed by atoms with Crippen LogP contribution in [0.15, 0.2) is 23.1 Å². The summed E-state index contributed by atoms with van der Waals surface area (Å²) in [5.41, 5.74) is 6.53. The van der Waals surface area contributed by atoms with Gasteiger partial charge in [0.2, 0.25) is 5.91 Å². The second-order valence-corrected chi connectivity index (χ2v) is 5.50. The average Bonchev–Trinajstić information content (AvgIpc) is 2.26. The van der Waals surface area contributed by atoms with E-state index in [-0.39, 0.29) is 5.91 Å². The molecule has 0 saturated carbocycles. The molecule has 1 aromatic carbocycles. The minimum absolute atomic E-state index is 0.162. The summed E-state index contributed by atoms with van der Waals surface area (Å²) < 4.78 is 0. The summed E-state index contributed by atoms with van der Waals surface area (Å²) in [4.78, 5) is 14.0. The van der Waals surface area contributed by atoms with Gasteiger partial charge >= 0.3 is 0 Å². The second kappa shape index (κ2) is 6.77. The molecule has 94 valence electrons. The Morgan fingerprint density at radius 3 is 2.76 bits per heavy atom. The van der Waals surface area contributed by atoms with E-state index in [1.54, 1.807) is 36.8 Å². The summed E-state index contributed by atoms with van der Waals surface area (Å²) in [5.74, 6) is 1.04. The summed E-state index contributed by atoms with van der Waals surface area (Å²) in [7, 11) is 3.54. The van der Waals surface area contributed by atoms with Crippen LogP contribution in [-0.2, 0) is 4.79 Å².